The van der Waals surface area contributed by atoms with Crippen molar-refractivity contribution in [3.63, 3.8) is 0 Å². The molecular weight excluding hydrogens is 306 g/mol. The first-order valence-corrected chi connectivity index (χ1v) is 8.70. The van der Waals surface area contributed by atoms with Crippen LogP contribution in [0.3, 0.4) is 0 Å². The molecule has 0 bridgehead atoms. The number of hydrogen-bond acceptors (Lipinski definition) is 5. The molecule has 1 aromatic carbocycles. The van der Waals surface area contributed by atoms with Crippen LogP contribution in [0.15, 0.2) is 28.5 Å². The van der Waals surface area contributed by atoms with E-state index in [0.717, 1.165) is 10.7 Å². The number of nitrogens with zero attached hydrogens (tertiary/aromatic N) is 2. The lowest BCUT2D eigenvalue weighted by Gasteiger charge is -2.07. The van der Waals surface area contributed by atoms with Crippen LogP contribution in [0.5, 0.6) is 0 Å². The van der Waals surface area contributed by atoms with E-state index in [0.29, 0.717) is 24.1 Å². The van der Waals surface area contributed by atoms with E-state index in [4.69, 9.17) is 5.26 Å². The molecule has 21 heavy (non-hydrogen) atoms. The highest BCUT2D eigenvalue weighted by Gasteiger charge is 2.14. The van der Waals surface area contributed by atoms with E-state index < -0.39 is 10.0 Å². The maximum atomic E-state index is 12.2. The monoisotopic (exact) mass is 321 g/mol. The molecule has 1 N–H and O–H groups in total. The number of sulfonamides is 1. The molecule has 0 amide bonds. The summed E-state index contributed by atoms with van der Waals surface area (Å²) in [6.07, 6.45) is 0.562. The highest BCUT2D eigenvalue weighted by atomic mass is 32.2. The van der Waals surface area contributed by atoms with Crippen LogP contribution in [-0.2, 0) is 16.4 Å². The van der Waals surface area contributed by atoms with Crippen molar-refractivity contribution >= 4 is 21.4 Å². The van der Waals surface area contributed by atoms with Crippen LogP contribution >= 0.6 is 11.3 Å². The average molecular weight is 321 g/mol. The van der Waals surface area contributed by atoms with Gasteiger partial charge in [-0.2, -0.15) is 5.26 Å². The molecule has 0 unspecified atom stereocenters. The third-order valence-electron chi connectivity index (χ3n) is 2.93. The predicted molar refractivity (Wildman–Crippen MR) is 81.6 cm³/mol. The van der Waals surface area contributed by atoms with Crippen molar-refractivity contribution < 1.29 is 8.42 Å². The Bertz CT molecular complexity index is 789. The fraction of sp³-hybridized carbons (Fsp3) is 0.286. The van der Waals surface area contributed by atoms with Gasteiger partial charge in [0.15, 0.2) is 0 Å². The van der Waals surface area contributed by atoms with Crippen LogP contribution in [0, 0.1) is 25.2 Å². The van der Waals surface area contributed by atoms with Gasteiger partial charge in [0.05, 0.1) is 21.5 Å². The Hall–Kier alpha value is -1.75. The smallest absolute Gasteiger partial charge is 0.240 e. The van der Waals surface area contributed by atoms with Crippen molar-refractivity contribution in [2.75, 3.05) is 6.54 Å². The minimum atomic E-state index is -3.55. The second-order valence-corrected chi connectivity index (χ2v) is 7.33. The molecule has 0 saturated carbocycles. The SMILES string of the molecule is Cc1csc(CCNS(=O)(=O)c2ccc(C#N)c(C)c2)n1. The fourth-order valence-electron chi connectivity index (χ4n) is 1.82. The van der Waals surface area contributed by atoms with Crippen molar-refractivity contribution in [1.29, 1.82) is 5.26 Å². The molecule has 0 fully saturated rings. The van der Waals surface area contributed by atoms with Crippen LogP contribution in [0.1, 0.15) is 21.8 Å². The third kappa shape index (κ3) is 3.88. The molecule has 1 heterocycles. The summed E-state index contributed by atoms with van der Waals surface area (Å²) < 4.78 is 26.9. The predicted octanol–water partition coefficient (Wildman–Crippen LogP) is 2.15. The van der Waals surface area contributed by atoms with Crippen LogP contribution < -0.4 is 4.72 Å². The Kier molecular flexibility index (Phi) is 4.73. The Morgan fingerprint density at radius 2 is 2.14 bits per heavy atom. The largest absolute Gasteiger partial charge is 0.247 e. The molecule has 0 saturated heterocycles. The molecule has 0 atom stereocenters. The number of benzene rings is 1. The summed E-state index contributed by atoms with van der Waals surface area (Å²) in [5, 5.41) is 11.7. The molecular formula is C14H15N3O2S2. The Morgan fingerprint density at radius 3 is 2.71 bits per heavy atom. The summed E-state index contributed by atoms with van der Waals surface area (Å²) in [7, 11) is -3.55. The van der Waals surface area contributed by atoms with Gasteiger partial charge in [-0.15, -0.1) is 11.3 Å². The quantitative estimate of drug-likeness (QED) is 0.914. The zero-order valence-electron chi connectivity index (χ0n) is 11.8. The van der Waals surface area contributed by atoms with Gasteiger partial charge in [-0.1, -0.05) is 0 Å². The van der Waals surface area contributed by atoms with E-state index >= 15 is 0 Å². The molecule has 1 aromatic heterocycles. The molecule has 0 spiro atoms. The van der Waals surface area contributed by atoms with Gasteiger partial charge in [-0.25, -0.2) is 18.1 Å². The van der Waals surface area contributed by atoms with E-state index in [9.17, 15) is 8.42 Å². The Labute approximate surface area is 128 Å². The second-order valence-electron chi connectivity index (χ2n) is 4.62. The summed E-state index contributed by atoms with van der Waals surface area (Å²) in [5.41, 5.74) is 2.07. The molecule has 0 aliphatic rings. The number of aromatic nitrogens is 1. The number of rotatable bonds is 5. The van der Waals surface area contributed by atoms with Crippen molar-refractivity contribution in [2.24, 2.45) is 0 Å². The Morgan fingerprint density at radius 1 is 1.38 bits per heavy atom. The molecule has 2 rings (SSSR count). The standard InChI is InChI=1S/C14H15N3O2S2/c1-10-7-13(4-3-12(10)8-15)21(18,19)16-6-5-14-17-11(2)9-20-14/h3-4,7,9,16H,5-6H2,1-2H3. The van der Waals surface area contributed by atoms with Crippen LogP contribution in [0.2, 0.25) is 0 Å². The van der Waals surface area contributed by atoms with Gasteiger partial charge < -0.3 is 0 Å². The minimum Gasteiger partial charge on any atom is -0.247 e. The van der Waals surface area contributed by atoms with Gasteiger partial charge >= 0.3 is 0 Å². The van der Waals surface area contributed by atoms with Crippen LogP contribution in [0.4, 0.5) is 0 Å². The molecule has 0 aliphatic heterocycles. The van der Waals surface area contributed by atoms with Crippen LogP contribution in [-0.4, -0.2) is 19.9 Å². The summed E-state index contributed by atoms with van der Waals surface area (Å²) in [4.78, 5) is 4.46. The normalized spacial score (nSPS) is 11.3. The summed E-state index contributed by atoms with van der Waals surface area (Å²) >= 11 is 1.52. The van der Waals surface area contributed by atoms with E-state index in [2.05, 4.69) is 9.71 Å². The maximum Gasteiger partial charge on any atom is 0.240 e. The highest BCUT2D eigenvalue weighted by Crippen LogP contribution is 2.15. The van der Waals surface area contributed by atoms with Crippen molar-refractivity contribution in [3.8, 4) is 6.07 Å². The highest BCUT2D eigenvalue weighted by molar-refractivity contribution is 7.89. The first-order valence-electron chi connectivity index (χ1n) is 6.34. The van der Waals surface area contributed by atoms with Gasteiger partial charge in [0.1, 0.15) is 0 Å². The van der Waals surface area contributed by atoms with Crippen LogP contribution in [0.25, 0.3) is 0 Å². The first-order chi connectivity index (χ1) is 9.92. The summed E-state index contributed by atoms with van der Waals surface area (Å²) in [5.74, 6) is 0. The lowest BCUT2D eigenvalue weighted by atomic mass is 10.1. The summed E-state index contributed by atoms with van der Waals surface area (Å²) in [6.45, 7) is 3.92. The summed E-state index contributed by atoms with van der Waals surface area (Å²) in [6, 6.07) is 6.49. The van der Waals surface area contributed by atoms with Gasteiger partial charge in [-0.05, 0) is 37.6 Å². The molecule has 0 aliphatic carbocycles. The molecule has 2 aromatic rings. The number of thiazole rings is 1. The van der Waals surface area contributed by atoms with Crippen molar-refractivity contribution in [3.05, 3.63) is 45.4 Å². The topological polar surface area (TPSA) is 82.9 Å². The molecule has 7 heteroatoms. The van der Waals surface area contributed by atoms with Gasteiger partial charge in [0.25, 0.3) is 0 Å². The van der Waals surface area contributed by atoms with Gasteiger partial charge in [0.2, 0.25) is 10.0 Å². The van der Waals surface area contributed by atoms with E-state index in [1.54, 1.807) is 6.92 Å². The van der Waals surface area contributed by atoms with Crippen molar-refractivity contribution in [1.82, 2.24) is 9.71 Å². The molecule has 110 valence electrons. The number of nitrogens with one attached hydrogen (secondary N) is 1. The lowest BCUT2D eigenvalue weighted by molar-refractivity contribution is 0.581. The van der Waals surface area contributed by atoms with Gasteiger partial charge in [-0.3, -0.25) is 0 Å². The number of hydrogen-bond donors (Lipinski definition) is 1. The van der Waals surface area contributed by atoms with Gasteiger partial charge in [0, 0.05) is 24.0 Å². The zero-order valence-corrected chi connectivity index (χ0v) is 13.4. The second kappa shape index (κ2) is 6.35. The minimum absolute atomic E-state index is 0.175. The average Bonchev–Trinajstić information content (AvgIpc) is 2.84. The van der Waals surface area contributed by atoms with E-state index in [1.165, 1.54) is 29.5 Å². The van der Waals surface area contributed by atoms with E-state index in [-0.39, 0.29) is 4.90 Å². The Balaban J connectivity index is 2.05. The molecule has 0 radical (unpaired) electrons. The maximum absolute atomic E-state index is 12.2. The lowest BCUT2D eigenvalue weighted by Crippen LogP contribution is -2.26. The number of aryl methyl sites for hydroxylation is 2. The third-order valence-corrected chi connectivity index (χ3v) is 5.41. The molecule has 5 nitrogen and oxygen atoms in total. The van der Waals surface area contributed by atoms with Crippen molar-refractivity contribution in [2.45, 2.75) is 25.2 Å². The zero-order chi connectivity index (χ0) is 15.5. The number of nitriles is 1. The fourth-order valence-corrected chi connectivity index (χ4v) is 3.71. The van der Waals surface area contributed by atoms with E-state index in [1.807, 2.05) is 18.4 Å². The first kappa shape index (κ1) is 15.6.